The Hall–Kier alpha value is -2.40. The van der Waals surface area contributed by atoms with Crippen LogP contribution in [-0.2, 0) is 6.54 Å². The molecule has 0 atom stereocenters. The number of anilines is 3. The smallest absolute Gasteiger partial charge is 0.323 e. The standard InChI is InChI=1S/C20H16Cl3N3O/c21-14-6-9-18(24-12-13-4-2-1-3-5-13)19(10-14)26-20(27)25-15-7-8-16(22)17(23)11-15/h1-11,24H,12H2,(H2,25,26,27). The lowest BCUT2D eigenvalue weighted by molar-refractivity contribution is 0.262. The van der Waals surface area contributed by atoms with Gasteiger partial charge in [0.05, 0.1) is 21.4 Å². The van der Waals surface area contributed by atoms with E-state index in [1.165, 1.54) is 0 Å². The SMILES string of the molecule is O=C(Nc1ccc(Cl)c(Cl)c1)Nc1cc(Cl)ccc1NCc1ccccc1. The first kappa shape index (κ1) is 19.4. The summed E-state index contributed by atoms with van der Waals surface area (Å²) in [6.45, 7) is 0.617. The summed E-state index contributed by atoms with van der Waals surface area (Å²) in [6, 6.07) is 19.7. The van der Waals surface area contributed by atoms with Crippen molar-refractivity contribution in [3.8, 4) is 0 Å². The molecule has 4 nitrogen and oxygen atoms in total. The number of nitrogens with one attached hydrogen (secondary N) is 3. The zero-order valence-electron chi connectivity index (χ0n) is 14.1. The van der Waals surface area contributed by atoms with Crippen molar-refractivity contribution in [2.24, 2.45) is 0 Å². The Balaban J connectivity index is 1.70. The fourth-order valence-corrected chi connectivity index (χ4v) is 2.90. The highest BCUT2D eigenvalue weighted by molar-refractivity contribution is 6.42. The Bertz CT molecular complexity index is 948. The highest BCUT2D eigenvalue weighted by atomic mass is 35.5. The van der Waals surface area contributed by atoms with Gasteiger partial charge < -0.3 is 16.0 Å². The van der Waals surface area contributed by atoms with Gasteiger partial charge in [-0.25, -0.2) is 4.79 Å². The Morgan fingerprint density at radius 2 is 1.56 bits per heavy atom. The van der Waals surface area contributed by atoms with Crippen molar-refractivity contribution in [1.82, 2.24) is 0 Å². The van der Waals surface area contributed by atoms with Gasteiger partial charge in [-0.05, 0) is 42.0 Å². The minimum atomic E-state index is -0.418. The van der Waals surface area contributed by atoms with Gasteiger partial charge in [0.25, 0.3) is 0 Å². The predicted octanol–water partition coefficient (Wildman–Crippen LogP) is 6.90. The number of hydrogen-bond donors (Lipinski definition) is 3. The van der Waals surface area contributed by atoms with E-state index >= 15 is 0 Å². The predicted molar refractivity (Wildman–Crippen MR) is 114 cm³/mol. The van der Waals surface area contributed by atoms with Gasteiger partial charge in [-0.1, -0.05) is 65.1 Å². The van der Waals surface area contributed by atoms with E-state index in [0.29, 0.717) is 33.0 Å². The summed E-state index contributed by atoms with van der Waals surface area (Å²) >= 11 is 17.9. The summed E-state index contributed by atoms with van der Waals surface area (Å²) in [4.78, 5) is 12.3. The summed E-state index contributed by atoms with van der Waals surface area (Å²) in [7, 11) is 0. The van der Waals surface area contributed by atoms with E-state index in [-0.39, 0.29) is 0 Å². The summed E-state index contributed by atoms with van der Waals surface area (Å²) in [6.07, 6.45) is 0. The number of benzene rings is 3. The molecule has 3 aromatic carbocycles. The molecule has 3 rings (SSSR count). The lowest BCUT2D eigenvalue weighted by atomic mass is 10.2. The molecule has 0 aliphatic heterocycles. The van der Waals surface area contributed by atoms with Crippen molar-refractivity contribution in [3.63, 3.8) is 0 Å². The molecule has 2 amide bonds. The average molecular weight is 421 g/mol. The number of urea groups is 1. The van der Waals surface area contributed by atoms with Gasteiger partial charge in [-0.2, -0.15) is 0 Å². The lowest BCUT2D eigenvalue weighted by Gasteiger charge is -2.14. The van der Waals surface area contributed by atoms with Crippen LogP contribution < -0.4 is 16.0 Å². The van der Waals surface area contributed by atoms with E-state index in [9.17, 15) is 4.79 Å². The molecule has 0 heterocycles. The van der Waals surface area contributed by atoms with Gasteiger partial charge >= 0.3 is 6.03 Å². The van der Waals surface area contributed by atoms with Gasteiger partial charge in [-0.3, -0.25) is 0 Å². The van der Waals surface area contributed by atoms with Crippen LogP contribution in [0.1, 0.15) is 5.56 Å². The molecule has 27 heavy (non-hydrogen) atoms. The molecule has 0 aliphatic carbocycles. The van der Waals surface area contributed by atoms with Crippen molar-refractivity contribution >= 4 is 57.9 Å². The first-order valence-electron chi connectivity index (χ1n) is 8.11. The van der Waals surface area contributed by atoms with Crippen molar-refractivity contribution in [1.29, 1.82) is 0 Å². The van der Waals surface area contributed by atoms with Gasteiger partial charge in [0.1, 0.15) is 0 Å². The number of amides is 2. The molecule has 3 N–H and O–H groups in total. The molecule has 0 aliphatic rings. The molecular formula is C20H16Cl3N3O. The average Bonchev–Trinajstić information content (AvgIpc) is 2.65. The van der Waals surface area contributed by atoms with Crippen LogP contribution in [-0.4, -0.2) is 6.03 Å². The second kappa shape index (κ2) is 9.00. The van der Waals surface area contributed by atoms with E-state index in [1.54, 1.807) is 30.3 Å². The van der Waals surface area contributed by atoms with Crippen LogP contribution in [0.3, 0.4) is 0 Å². The third kappa shape index (κ3) is 5.54. The van der Waals surface area contributed by atoms with Gasteiger partial charge in [-0.15, -0.1) is 0 Å². The molecule has 7 heteroatoms. The topological polar surface area (TPSA) is 53.2 Å². The molecule has 0 bridgehead atoms. The molecule has 0 fully saturated rings. The van der Waals surface area contributed by atoms with Crippen LogP contribution in [0.15, 0.2) is 66.7 Å². The molecule has 0 radical (unpaired) electrons. The Kier molecular flexibility index (Phi) is 6.45. The number of carbonyl (C=O) groups excluding carboxylic acids is 1. The molecule has 0 saturated carbocycles. The van der Waals surface area contributed by atoms with Crippen LogP contribution >= 0.6 is 34.8 Å². The third-order valence-electron chi connectivity index (χ3n) is 3.73. The number of carbonyl (C=O) groups is 1. The van der Waals surface area contributed by atoms with Gasteiger partial charge in [0.15, 0.2) is 0 Å². The monoisotopic (exact) mass is 419 g/mol. The molecule has 0 saturated heterocycles. The lowest BCUT2D eigenvalue weighted by Crippen LogP contribution is -2.20. The first-order valence-corrected chi connectivity index (χ1v) is 9.25. The fraction of sp³-hybridized carbons (Fsp3) is 0.0500. The summed E-state index contributed by atoms with van der Waals surface area (Å²) in [5.41, 5.74) is 2.98. The summed E-state index contributed by atoms with van der Waals surface area (Å²) < 4.78 is 0. The maximum atomic E-state index is 12.3. The molecule has 3 aromatic rings. The van der Waals surface area contributed by atoms with Crippen LogP contribution in [0.4, 0.5) is 21.9 Å². The number of halogens is 3. The minimum Gasteiger partial charge on any atom is -0.379 e. The van der Waals surface area contributed by atoms with Crippen molar-refractivity contribution < 1.29 is 4.79 Å². The van der Waals surface area contributed by atoms with Crippen molar-refractivity contribution in [2.45, 2.75) is 6.54 Å². The van der Waals surface area contributed by atoms with Crippen molar-refractivity contribution in [3.05, 3.63) is 87.4 Å². The largest absolute Gasteiger partial charge is 0.379 e. The molecule has 0 unspecified atom stereocenters. The summed E-state index contributed by atoms with van der Waals surface area (Å²) in [5, 5.41) is 10.1. The third-order valence-corrected chi connectivity index (χ3v) is 4.71. The Labute approximate surface area is 172 Å². The van der Waals surface area contributed by atoms with Gasteiger partial charge in [0, 0.05) is 17.3 Å². The summed E-state index contributed by atoms with van der Waals surface area (Å²) in [5.74, 6) is 0. The van der Waals surface area contributed by atoms with E-state index in [0.717, 1.165) is 11.3 Å². The maximum Gasteiger partial charge on any atom is 0.323 e. The Morgan fingerprint density at radius 1 is 0.778 bits per heavy atom. The Morgan fingerprint density at radius 3 is 2.30 bits per heavy atom. The van der Waals surface area contributed by atoms with Crippen LogP contribution in [0, 0.1) is 0 Å². The van der Waals surface area contributed by atoms with Crippen LogP contribution in [0.25, 0.3) is 0 Å². The molecule has 138 valence electrons. The minimum absolute atomic E-state index is 0.363. The highest BCUT2D eigenvalue weighted by Gasteiger charge is 2.09. The zero-order chi connectivity index (χ0) is 19.2. The highest BCUT2D eigenvalue weighted by Crippen LogP contribution is 2.28. The van der Waals surface area contributed by atoms with E-state index in [2.05, 4.69) is 16.0 Å². The fourth-order valence-electron chi connectivity index (χ4n) is 2.43. The molecule has 0 spiro atoms. The van der Waals surface area contributed by atoms with Crippen LogP contribution in [0.2, 0.25) is 15.1 Å². The molecule has 0 aromatic heterocycles. The van der Waals surface area contributed by atoms with E-state index < -0.39 is 6.03 Å². The zero-order valence-corrected chi connectivity index (χ0v) is 16.4. The van der Waals surface area contributed by atoms with Crippen LogP contribution in [0.5, 0.6) is 0 Å². The van der Waals surface area contributed by atoms with Gasteiger partial charge in [0.2, 0.25) is 0 Å². The second-order valence-electron chi connectivity index (χ2n) is 5.74. The quantitative estimate of drug-likeness (QED) is 0.420. The molecular weight excluding hydrogens is 405 g/mol. The number of rotatable bonds is 5. The maximum absolute atomic E-state index is 12.3. The first-order chi connectivity index (χ1) is 13.0. The van der Waals surface area contributed by atoms with Crippen molar-refractivity contribution in [2.75, 3.05) is 16.0 Å². The van der Waals surface area contributed by atoms with E-state index in [4.69, 9.17) is 34.8 Å². The second-order valence-corrected chi connectivity index (χ2v) is 6.99. The van der Waals surface area contributed by atoms with E-state index in [1.807, 2.05) is 36.4 Å². The number of hydrogen-bond acceptors (Lipinski definition) is 2. The normalized spacial score (nSPS) is 10.3.